The lowest BCUT2D eigenvalue weighted by Crippen LogP contribution is -2.43. The molecule has 2 aromatic rings. The molecule has 0 saturated heterocycles. The number of anilines is 1. The third kappa shape index (κ3) is 3.79. The average molecular weight is 363 g/mol. The number of carbonyl (C=O) groups is 2. The summed E-state index contributed by atoms with van der Waals surface area (Å²) in [7, 11) is 0. The van der Waals surface area contributed by atoms with Crippen molar-refractivity contribution < 1.29 is 9.59 Å². The zero-order valence-corrected chi connectivity index (χ0v) is 14.8. The Hall–Kier alpha value is -1.85. The van der Waals surface area contributed by atoms with E-state index in [-0.39, 0.29) is 5.41 Å². The minimum Gasteiger partial charge on any atom is -0.347 e. The Kier molecular flexibility index (Phi) is 5.21. The molecule has 2 amide bonds. The van der Waals surface area contributed by atoms with Crippen molar-refractivity contribution in [1.29, 1.82) is 0 Å². The van der Waals surface area contributed by atoms with Crippen molar-refractivity contribution in [3.63, 3.8) is 0 Å². The lowest BCUT2D eigenvalue weighted by Gasteiger charge is -2.28. The van der Waals surface area contributed by atoms with E-state index in [1.807, 2.05) is 6.07 Å². The highest BCUT2D eigenvalue weighted by atomic mass is 35.5. The third-order valence-corrected chi connectivity index (χ3v) is 5.83. The highest BCUT2D eigenvalue weighted by Crippen LogP contribution is 2.42. The Bertz CT molecular complexity index is 724. The second-order valence-corrected chi connectivity index (χ2v) is 7.50. The predicted molar refractivity (Wildman–Crippen MR) is 97.6 cm³/mol. The molecule has 2 N–H and O–H groups in total. The molecule has 0 aliphatic heterocycles. The Morgan fingerprint density at radius 1 is 1.12 bits per heavy atom. The molecule has 1 aliphatic carbocycles. The molecular formula is C18H19ClN2O2S. The first-order valence-electron chi connectivity index (χ1n) is 7.98. The fraction of sp³-hybridized carbons (Fsp3) is 0.333. The molecule has 1 heterocycles. The van der Waals surface area contributed by atoms with Gasteiger partial charge in [-0.05, 0) is 42.5 Å². The maximum absolute atomic E-state index is 12.1. The summed E-state index contributed by atoms with van der Waals surface area (Å²) in [5.41, 5.74) is 0.483. The standard InChI is InChI=1S/C18H19ClN2O2S/c19-13-5-3-6-14(11-13)21-17(23)16(22)20-12-18(8-1-2-9-18)15-7-4-10-24-15/h3-7,10-11H,1-2,8-9,12H2,(H,20,22)(H,21,23). The van der Waals surface area contributed by atoms with E-state index in [2.05, 4.69) is 22.1 Å². The maximum Gasteiger partial charge on any atom is 0.313 e. The molecule has 6 heteroatoms. The van der Waals surface area contributed by atoms with Crippen LogP contribution in [0.3, 0.4) is 0 Å². The summed E-state index contributed by atoms with van der Waals surface area (Å²) in [4.78, 5) is 25.5. The van der Waals surface area contributed by atoms with Crippen LogP contribution in [0.4, 0.5) is 5.69 Å². The van der Waals surface area contributed by atoms with Gasteiger partial charge < -0.3 is 10.6 Å². The highest BCUT2D eigenvalue weighted by Gasteiger charge is 2.37. The van der Waals surface area contributed by atoms with Crippen LogP contribution in [-0.2, 0) is 15.0 Å². The van der Waals surface area contributed by atoms with Gasteiger partial charge in [-0.25, -0.2) is 0 Å². The predicted octanol–water partition coefficient (Wildman–Crippen LogP) is 3.97. The monoisotopic (exact) mass is 362 g/mol. The summed E-state index contributed by atoms with van der Waals surface area (Å²) in [5, 5.41) is 7.95. The van der Waals surface area contributed by atoms with Crippen LogP contribution in [0.5, 0.6) is 0 Å². The van der Waals surface area contributed by atoms with E-state index in [0.717, 1.165) is 25.7 Å². The summed E-state index contributed by atoms with van der Waals surface area (Å²) in [6, 6.07) is 10.9. The van der Waals surface area contributed by atoms with Crippen LogP contribution in [0.1, 0.15) is 30.6 Å². The van der Waals surface area contributed by atoms with Gasteiger partial charge >= 0.3 is 11.8 Å². The molecule has 0 unspecified atom stereocenters. The molecule has 3 rings (SSSR count). The summed E-state index contributed by atoms with van der Waals surface area (Å²) in [6.45, 7) is 0.495. The Morgan fingerprint density at radius 3 is 2.58 bits per heavy atom. The second kappa shape index (κ2) is 7.36. The lowest BCUT2D eigenvalue weighted by atomic mass is 9.84. The normalized spacial score (nSPS) is 15.9. The average Bonchev–Trinajstić information content (AvgIpc) is 3.24. The molecule has 1 aromatic carbocycles. The van der Waals surface area contributed by atoms with E-state index in [9.17, 15) is 9.59 Å². The topological polar surface area (TPSA) is 58.2 Å². The van der Waals surface area contributed by atoms with Crippen molar-refractivity contribution in [3.05, 3.63) is 51.7 Å². The fourth-order valence-electron chi connectivity index (χ4n) is 3.23. The lowest BCUT2D eigenvalue weighted by molar-refractivity contribution is -0.136. The van der Waals surface area contributed by atoms with Crippen molar-refractivity contribution in [1.82, 2.24) is 5.32 Å². The van der Waals surface area contributed by atoms with Crippen LogP contribution < -0.4 is 10.6 Å². The largest absolute Gasteiger partial charge is 0.347 e. The molecule has 126 valence electrons. The van der Waals surface area contributed by atoms with Crippen LogP contribution in [0.2, 0.25) is 5.02 Å². The number of hydrogen-bond donors (Lipinski definition) is 2. The number of amides is 2. The SMILES string of the molecule is O=C(NCC1(c2cccs2)CCCC1)C(=O)Nc1cccc(Cl)c1. The summed E-state index contributed by atoms with van der Waals surface area (Å²) in [6.07, 6.45) is 4.40. The number of benzene rings is 1. The van der Waals surface area contributed by atoms with E-state index >= 15 is 0 Å². The molecular weight excluding hydrogens is 344 g/mol. The summed E-state index contributed by atoms with van der Waals surface area (Å²) >= 11 is 7.60. The van der Waals surface area contributed by atoms with Crippen molar-refractivity contribution >= 4 is 40.4 Å². The number of halogens is 1. The van der Waals surface area contributed by atoms with E-state index < -0.39 is 11.8 Å². The molecule has 0 spiro atoms. The van der Waals surface area contributed by atoms with Crippen molar-refractivity contribution in [2.45, 2.75) is 31.1 Å². The first-order valence-corrected chi connectivity index (χ1v) is 9.24. The van der Waals surface area contributed by atoms with Crippen molar-refractivity contribution in [2.24, 2.45) is 0 Å². The van der Waals surface area contributed by atoms with Crippen LogP contribution in [0.25, 0.3) is 0 Å². The molecule has 1 aromatic heterocycles. The van der Waals surface area contributed by atoms with Gasteiger partial charge in [0.25, 0.3) is 0 Å². The van der Waals surface area contributed by atoms with Gasteiger partial charge in [0, 0.05) is 27.5 Å². The molecule has 1 fully saturated rings. The first-order chi connectivity index (χ1) is 11.6. The Balaban J connectivity index is 1.61. The number of rotatable bonds is 4. The van der Waals surface area contributed by atoms with Gasteiger partial charge in [0.2, 0.25) is 0 Å². The Labute approximate surface area is 150 Å². The molecule has 0 bridgehead atoms. The molecule has 1 saturated carbocycles. The molecule has 4 nitrogen and oxygen atoms in total. The minimum absolute atomic E-state index is 0.0276. The fourth-order valence-corrected chi connectivity index (χ4v) is 4.40. The van der Waals surface area contributed by atoms with Gasteiger partial charge in [0.1, 0.15) is 0 Å². The number of thiophene rings is 1. The first kappa shape index (κ1) is 17.0. The number of nitrogens with one attached hydrogen (secondary N) is 2. The minimum atomic E-state index is -0.670. The van der Waals surface area contributed by atoms with Gasteiger partial charge in [-0.1, -0.05) is 36.6 Å². The Morgan fingerprint density at radius 2 is 1.92 bits per heavy atom. The van der Waals surface area contributed by atoms with Crippen LogP contribution in [0, 0.1) is 0 Å². The van der Waals surface area contributed by atoms with Crippen molar-refractivity contribution in [3.8, 4) is 0 Å². The van der Waals surface area contributed by atoms with Gasteiger partial charge in [-0.15, -0.1) is 11.3 Å². The van der Waals surface area contributed by atoms with Crippen LogP contribution in [-0.4, -0.2) is 18.4 Å². The summed E-state index contributed by atoms with van der Waals surface area (Å²) < 4.78 is 0. The van der Waals surface area contributed by atoms with Crippen LogP contribution in [0.15, 0.2) is 41.8 Å². The second-order valence-electron chi connectivity index (χ2n) is 6.11. The van der Waals surface area contributed by atoms with Gasteiger partial charge in [0.15, 0.2) is 0 Å². The van der Waals surface area contributed by atoms with E-state index in [0.29, 0.717) is 17.3 Å². The third-order valence-electron chi connectivity index (χ3n) is 4.48. The molecule has 0 radical (unpaired) electrons. The van der Waals surface area contributed by atoms with Gasteiger partial charge in [-0.3, -0.25) is 9.59 Å². The van der Waals surface area contributed by atoms with Gasteiger partial charge in [0.05, 0.1) is 0 Å². The molecule has 0 atom stereocenters. The molecule has 24 heavy (non-hydrogen) atoms. The summed E-state index contributed by atoms with van der Waals surface area (Å²) in [5.74, 6) is -1.28. The van der Waals surface area contributed by atoms with E-state index in [4.69, 9.17) is 11.6 Å². The zero-order valence-electron chi connectivity index (χ0n) is 13.2. The number of hydrogen-bond acceptors (Lipinski definition) is 3. The molecule has 1 aliphatic rings. The van der Waals surface area contributed by atoms with E-state index in [1.54, 1.807) is 35.6 Å². The van der Waals surface area contributed by atoms with E-state index in [1.165, 1.54) is 4.88 Å². The van der Waals surface area contributed by atoms with Crippen LogP contribution >= 0.6 is 22.9 Å². The maximum atomic E-state index is 12.1. The highest BCUT2D eigenvalue weighted by molar-refractivity contribution is 7.10. The smallest absolute Gasteiger partial charge is 0.313 e. The zero-order chi connectivity index (χ0) is 17.0. The van der Waals surface area contributed by atoms with Crippen molar-refractivity contribution in [2.75, 3.05) is 11.9 Å². The van der Waals surface area contributed by atoms with Gasteiger partial charge in [-0.2, -0.15) is 0 Å². The number of carbonyl (C=O) groups excluding carboxylic acids is 2. The quantitative estimate of drug-likeness (QED) is 0.808.